The Morgan fingerprint density at radius 2 is 1.72 bits per heavy atom. The summed E-state index contributed by atoms with van der Waals surface area (Å²) in [6, 6.07) is 5.04. The van der Waals surface area contributed by atoms with Gasteiger partial charge in [-0.1, -0.05) is 0 Å². The van der Waals surface area contributed by atoms with Gasteiger partial charge in [-0.3, -0.25) is 4.79 Å². The van der Waals surface area contributed by atoms with Crippen LogP contribution in [0.25, 0.3) is 0 Å². The molecule has 5 nitrogen and oxygen atoms in total. The standard InChI is InChI=1S/C12H12O5S/c13-11(12(14)15)9-3-5-10(6-4-9)18(16,17)7-8-1-2-8/h3-6,8H,1-2,7H2,(H,14,15). The average Bonchev–Trinajstić information content (AvgIpc) is 3.11. The fourth-order valence-electron chi connectivity index (χ4n) is 1.63. The molecule has 1 aliphatic carbocycles. The van der Waals surface area contributed by atoms with Gasteiger partial charge in [0.2, 0.25) is 0 Å². The highest BCUT2D eigenvalue weighted by Crippen LogP contribution is 2.32. The summed E-state index contributed by atoms with van der Waals surface area (Å²) < 4.78 is 23.8. The van der Waals surface area contributed by atoms with Gasteiger partial charge in [0.05, 0.1) is 10.6 Å². The van der Waals surface area contributed by atoms with E-state index in [1.807, 2.05) is 0 Å². The molecule has 0 radical (unpaired) electrons. The lowest BCUT2D eigenvalue weighted by Gasteiger charge is -2.03. The molecule has 18 heavy (non-hydrogen) atoms. The van der Waals surface area contributed by atoms with Gasteiger partial charge in [-0.05, 0) is 43.0 Å². The molecule has 1 N–H and O–H groups in total. The normalized spacial score (nSPS) is 15.3. The van der Waals surface area contributed by atoms with E-state index in [-0.39, 0.29) is 22.1 Å². The lowest BCUT2D eigenvalue weighted by atomic mass is 10.1. The maximum absolute atomic E-state index is 11.9. The number of carboxylic acids is 1. The molecule has 1 saturated carbocycles. The van der Waals surface area contributed by atoms with Crippen LogP contribution < -0.4 is 0 Å². The molecule has 96 valence electrons. The molecule has 1 fully saturated rings. The van der Waals surface area contributed by atoms with Crippen molar-refractivity contribution in [1.29, 1.82) is 0 Å². The van der Waals surface area contributed by atoms with Crippen LogP contribution in [0.15, 0.2) is 29.2 Å². The Labute approximate surface area is 104 Å². The first-order chi connectivity index (χ1) is 8.40. The maximum Gasteiger partial charge on any atom is 0.377 e. The monoisotopic (exact) mass is 268 g/mol. The van der Waals surface area contributed by atoms with E-state index in [0.29, 0.717) is 0 Å². The van der Waals surface area contributed by atoms with Crippen LogP contribution in [0.2, 0.25) is 0 Å². The molecular formula is C12H12O5S. The highest BCUT2D eigenvalue weighted by atomic mass is 32.2. The molecule has 0 bridgehead atoms. The van der Waals surface area contributed by atoms with Gasteiger partial charge < -0.3 is 5.11 Å². The van der Waals surface area contributed by atoms with Crippen molar-refractivity contribution in [3.63, 3.8) is 0 Å². The van der Waals surface area contributed by atoms with E-state index >= 15 is 0 Å². The SMILES string of the molecule is O=C(O)C(=O)c1ccc(S(=O)(=O)CC2CC2)cc1. The number of benzene rings is 1. The van der Waals surface area contributed by atoms with Gasteiger partial charge in [-0.2, -0.15) is 0 Å². The van der Waals surface area contributed by atoms with E-state index < -0.39 is 21.6 Å². The van der Waals surface area contributed by atoms with Crippen LogP contribution in [-0.2, 0) is 14.6 Å². The molecule has 1 aliphatic rings. The summed E-state index contributed by atoms with van der Waals surface area (Å²) in [5.74, 6) is -2.22. The van der Waals surface area contributed by atoms with Gasteiger partial charge >= 0.3 is 5.97 Å². The molecule has 0 heterocycles. The average molecular weight is 268 g/mol. The molecular weight excluding hydrogens is 256 g/mol. The minimum Gasteiger partial charge on any atom is -0.475 e. The zero-order chi connectivity index (χ0) is 13.3. The highest BCUT2D eigenvalue weighted by Gasteiger charge is 2.29. The highest BCUT2D eigenvalue weighted by molar-refractivity contribution is 7.91. The number of Topliss-reactive ketones (excluding diaryl/α,β-unsaturated/α-hetero) is 1. The van der Waals surface area contributed by atoms with Crippen molar-refractivity contribution in [2.24, 2.45) is 5.92 Å². The molecule has 0 atom stereocenters. The smallest absolute Gasteiger partial charge is 0.377 e. The van der Waals surface area contributed by atoms with E-state index in [4.69, 9.17) is 5.11 Å². The molecule has 6 heteroatoms. The summed E-state index contributed by atoms with van der Waals surface area (Å²) in [4.78, 5) is 21.7. The second kappa shape index (κ2) is 4.53. The van der Waals surface area contributed by atoms with Crippen LogP contribution in [-0.4, -0.2) is 31.0 Å². The third kappa shape index (κ3) is 2.76. The van der Waals surface area contributed by atoms with E-state index in [1.165, 1.54) is 24.3 Å². The minimum absolute atomic E-state index is 0.0205. The van der Waals surface area contributed by atoms with Crippen molar-refractivity contribution < 1.29 is 23.1 Å². The summed E-state index contributed by atoms with van der Waals surface area (Å²) in [6.07, 6.45) is 1.88. The van der Waals surface area contributed by atoms with Crippen molar-refractivity contribution in [1.82, 2.24) is 0 Å². The third-order valence-electron chi connectivity index (χ3n) is 2.82. The van der Waals surface area contributed by atoms with Gasteiger partial charge in [-0.15, -0.1) is 0 Å². The zero-order valence-electron chi connectivity index (χ0n) is 9.50. The Balaban J connectivity index is 2.21. The predicted octanol–water partition coefficient (Wildman–Crippen LogP) is 1.14. The summed E-state index contributed by atoms with van der Waals surface area (Å²) in [7, 11) is -3.32. The number of aliphatic carboxylic acids is 1. The van der Waals surface area contributed by atoms with Crippen LogP contribution in [0.4, 0.5) is 0 Å². The molecule has 0 amide bonds. The number of sulfone groups is 1. The molecule has 0 aliphatic heterocycles. The maximum atomic E-state index is 11.9. The Morgan fingerprint density at radius 1 is 1.17 bits per heavy atom. The summed E-state index contributed by atoms with van der Waals surface area (Å²) in [6.45, 7) is 0. The Bertz CT molecular complexity index is 581. The van der Waals surface area contributed by atoms with Crippen LogP contribution >= 0.6 is 0 Å². The first kappa shape index (κ1) is 12.8. The van der Waals surface area contributed by atoms with Crippen LogP contribution in [0.5, 0.6) is 0 Å². The van der Waals surface area contributed by atoms with Crippen molar-refractivity contribution in [3.8, 4) is 0 Å². The third-order valence-corrected chi connectivity index (χ3v) is 4.72. The zero-order valence-corrected chi connectivity index (χ0v) is 10.3. The van der Waals surface area contributed by atoms with Crippen LogP contribution in [0.1, 0.15) is 23.2 Å². The van der Waals surface area contributed by atoms with E-state index in [2.05, 4.69) is 0 Å². The number of ketones is 1. The van der Waals surface area contributed by atoms with Crippen molar-refractivity contribution >= 4 is 21.6 Å². The Kier molecular flexibility index (Phi) is 3.21. The topological polar surface area (TPSA) is 88.5 Å². The molecule has 0 spiro atoms. The molecule has 0 unspecified atom stereocenters. The quantitative estimate of drug-likeness (QED) is 0.639. The summed E-state index contributed by atoms with van der Waals surface area (Å²) in [5, 5.41) is 8.52. The molecule has 2 rings (SSSR count). The van der Waals surface area contributed by atoms with E-state index in [0.717, 1.165) is 12.8 Å². The van der Waals surface area contributed by atoms with Gasteiger partial charge in [-0.25, -0.2) is 13.2 Å². The largest absolute Gasteiger partial charge is 0.475 e. The number of hydrogen-bond acceptors (Lipinski definition) is 4. The van der Waals surface area contributed by atoms with Crippen LogP contribution in [0, 0.1) is 5.92 Å². The van der Waals surface area contributed by atoms with Crippen LogP contribution in [0.3, 0.4) is 0 Å². The summed E-state index contributed by atoms with van der Waals surface area (Å²) >= 11 is 0. The molecule has 0 saturated heterocycles. The van der Waals surface area contributed by atoms with Gasteiger partial charge in [0, 0.05) is 5.56 Å². The lowest BCUT2D eigenvalue weighted by Crippen LogP contribution is -2.13. The van der Waals surface area contributed by atoms with Gasteiger partial charge in [0.1, 0.15) is 0 Å². The fourth-order valence-corrected chi connectivity index (χ4v) is 3.33. The fraction of sp³-hybridized carbons (Fsp3) is 0.333. The molecule has 0 aromatic heterocycles. The molecule has 1 aromatic carbocycles. The van der Waals surface area contributed by atoms with E-state index in [9.17, 15) is 18.0 Å². The first-order valence-corrected chi connectivity index (χ1v) is 7.16. The lowest BCUT2D eigenvalue weighted by molar-refractivity contribution is -0.131. The number of hydrogen-bond donors (Lipinski definition) is 1. The summed E-state index contributed by atoms with van der Waals surface area (Å²) in [5.41, 5.74) is -0.0205. The Hall–Kier alpha value is -1.69. The first-order valence-electron chi connectivity index (χ1n) is 5.50. The minimum atomic E-state index is -3.32. The van der Waals surface area contributed by atoms with Gasteiger partial charge in [0.15, 0.2) is 9.84 Å². The predicted molar refractivity (Wildman–Crippen MR) is 63.2 cm³/mol. The molecule has 1 aromatic rings. The number of carbonyl (C=O) groups excluding carboxylic acids is 1. The number of carbonyl (C=O) groups is 2. The number of carboxylic acid groups (broad SMARTS) is 1. The second-order valence-electron chi connectivity index (χ2n) is 4.38. The van der Waals surface area contributed by atoms with Gasteiger partial charge in [0.25, 0.3) is 5.78 Å². The second-order valence-corrected chi connectivity index (χ2v) is 6.42. The van der Waals surface area contributed by atoms with Crippen molar-refractivity contribution in [2.45, 2.75) is 17.7 Å². The van der Waals surface area contributed by atoms with E-state index in [1.54, 1.807) is 0 Å². The van der Waals surface area contributed by atoms with Crippen molar-refractivity contribution in [3.05, 3.63) is 29.8 Å². The number of rotatable bonds is 5. The Morgan fingerprint density at radius 3 is 2.17 bits per heavy atom. The van der Waals surface area contributed by atoms with Crippen molar-refractivity contribution in [2.75, 3.05) is 5.75 Å².